The molecule has 0 spiro atoms. The van der Waals surface area contributed by atoms with E-state index in [2.05, 4.69) is 0 Å². The van der Waals surface area contributed by atoms with Crippen molar-refractivity contribution < 1.29 is 74.4 Å². The molecular weight excluding hydrogens is 267 g/mol. The minimum atomic E-state index is -4.67. The Bertz CT molecular complexity index is 519. The van der Waals surface area contributed by atoms with Gasteiger partial charge in [0.15, 0.2) is 0 Å². The minimum Gasteiger partial charge on any atom is -0.757 e. The van der Waals surface area contributed by atoms with Crippen molar-refractivity contribution in [3.8, 4) is 0 Å². The number of nitrogens with zero attached hydrogens (tertiary/aromatic N) is 1. The van der Waals surface area contributed by atoms with Crippen LogP contribution in [0.2, 0.25) is 0 Å². The van der Waals surface area contributed by atoms with Gasteiger partial charge in [-0.25, -0.2) is 0 Å². The molecule has 1 aliphatic rings. The molecule has 1 aliphatic carbocycles. The van der Waals surface area contributed by atoms with Crippen LogP contribution < -0.4 is 57.1 Å². The quantitative estimate of drug-likeness (QED) is 0.212. The normalized spacial score (nSPS) is 19.1. The molecule has 0 aromatic rings. The number of carbonyl (C=O) groups excluding carboxylic acids is 1. The van der Waals surface area contributed by atoms with Gasteiger partial charge in [-0.1, -0.05) is 0 Å². The molecule has 0 bridgehead atoms. The van der Waals surface area contributed by atoms with Crippen molar-refractivity contribution in [3.05, 3.63) is 33.7 Å². The smallest absolute Gasteiger partial charge is 0.757 e. The molecule has 8 nitrogen and oxygen atoms in total. The molecule has 0 aromatic heterocycles. The zero-order valence-electron chi connectivity index (χ0n) is 8.08. The van der Waals surface area contributed by atoms with Gasteiger partial charge in [0.1, 0.15) is 0 Å². The average molecular weight is 272 g/mol. The number of nitro groups is 1. The summed E-state index contributed by atoms with van der Waals surface area (Å²) in [7, 11) is -4.67. The van der Waals surface area contributed by atoms with Crippen molar-refractivity contribution in [2.24, 2.45) is 5.73 Å². The third-order valence-corrected chi connectivity index (χ3v) is 2.48. The van der Waals surface area contributed by atoms with Crippen molar-refractivity contribution in [3.63, 3.8) is 0 Å². The van der Waals surface area contributed by atoms with Crippen molar-refractivity contribution >= 4 is 20.7 Å². The first-order valence-electron chi connectivity index (χ1n) is 3.46. The molecule has 0 saturated heterocycles. The Morgan fingerprint density at radius 3 is 2.31 bits per heavy atom. The molecule has 0 aromatic carbocycles. The summed E-state index contributed by atoms with van der Waals surface area (Å²) in [5, 5.41) is 10.3. The van der Waals surface area contributed by atoms with Crippen LogP contribution in [0, 0.1) is 10.1 Å². The minimum absolute atomic E-state index is 0. The predicted octanol–water partition coefficient (Wildman–Crippen LogP) is -4.36. The van der Waals surface area contributed by atoms with Crippen LogP contribution in [0.4, 0.5) is 0 Å². The van der Waals surface area contributed by atoms with Crippen LogP contribution in [0.3, 0.4) is 0 Å². The van der Waals surface area contributed by atoms with Crippen molar-refractivity contribution in [2.75, 3.05) is 0 Å². The molecule has 0 heterocycles. The zero-order valence-corrected chi connectivity index (χ0v) is 12.0. The maximum atomic E-state index is 11.0. The fraction of sp³-hybridized carbons (Fsp3) is 0. The average Bonchev–Trinajstić information content (AvgIpc) is 2.00. The van der Waals surface area contributed by atoms with E-state index in [1.54, 1.807) is 0 Å². The molecule has 82 valence electrons. The number of ketones is 1. The van der Waals surface area contributed by atoms with E-state index in [9.17, 15) is 23.7 Å². The SMILES string of the molecule is NC1=CC(=O)C([N+](=O)[O-])=CC1=S(=O)([O-])O.[K+]. The molecule has 10 heteroatoms. The van der Waals surface area contributed by atoms with Crippen LogP contribution in [0.5, 0.6) is 0 Å². The van der Waals surface area contributed by atoms with Crippen LogP contribution in [0.15, 0.2) is 23.5 Å². The Hall–Kier alpha value is -0.0736. The van der Waals surface area contributed by atoms with E-state index >= 15 is 0 Å². The number of carbonyl (C=O) groups is 1. The van der Waals surface area contributed by atoms with E-state index in [0.717, 1.165) is 0 Å². The maximum Gasteiger partial charge on any atom is 1.00 e. The summed E-state index contributed by atoms with van der Waals surface area (Å²) in [6, 6.07) is 0. The summed E-state index contributed by atoms with van der Waals surface area (Å²) in [4.78, 5) is 19.4. The molecule has 16 heavy (non-hydrogen) atoms. The molecule has 0 amide bonds. The van der Waals surface area contributed by atoms with Gasteiger partial charge in [-0.15, -0.1) is 0 Å². The van der Waals surface area contributed by atoms with Gasteiger partial charge < -0.3 is 14.8 Å². The predicted molar refractivity (Wildman–Crippen MR) is 48.9 cm³/mol. The third kappa shape index (κ3) is 3.46. The molecule has 0 radical (unpaired) electrons. The summed E-state index contributed by atoms with van der Waals surface area (Å²) in [5.41, 5.74) is 3.62. The Balaban J connectivity index is 0.00000225. The second-order valence-corrected chi connectivity index (χ2v) is 3.98. The summed E-state index contributed by atoms with van der Waals surface area (Å²) < 4.78 is 30.0. The fourth-order valence-corrected chi connectivity index (χ4v) is 1.55. The first kappa shape index (κ1) is 15.9. The Kier molecular flexibility index (Phi) is 5.48. The van der Waals surface area contributed by atoms with E-state index in [4.69, 9.17) is 10.3 Å². The summed E-state index contributed by atoms with van der Waals surface area (Å²) in [5.74, 6) is -1.02. The molecule has 3 N–H and O–H groups in total. The Morgan fingerprint density at radius 2 is 1.94 bits per heavy atom. The van der Waals surface area contributed by atoms with Crippen LogP contribution in [-0.2, 0) is 14.9 Å². The molecule has 1 rings (SSSR count). The number of nitrogens with two attached hydrogens (primary N) is 1. The topological polar surface area (TPSA) is 147 Å². The van der Waals surface area contributed by atoms with E-state index in [-0.39, 0.29) is 51.4 Å². The molecule has 1 unspecified atom stereocenters. The van der Waals surface area contributed by atoms with Gasteiger partial charge in [-0.2, -0.15) is 0 Å². The Morgan fingerprint density at radius 1 is 1.44 bits per heavy atom. The Labute approximate surface area is 133 Å². The van der Waals surface area contributed by atoms with Gasteiger partial charge in [0, 0.05) is 22.2 Å². The standard InChI is InChI=1S/C6H6N2O6S.K/c7-3-1-5(9)4(8(10)11)2-6(3)15(12,13)14;/h1-2H,7H2,(H2,12,13,14);/q;+1/p-1. The van der Waals surface area contributed by atoms with Crippen molar-refractivity contribution in [1.29, 1.82) is 0 Å². The van der Waals surface area contributed by atoms with Gasteiger partial charge in [-0.3, -0.25) is 19.1 Å². The second kappa shape index (κ2) is 5.51. The molecule has 0 fully saturated rings. The van der Waals surface area contributed by atoms with E-state index in [1.807, 2.05) is 0 Å². The first-order chi connectivity index (χ1) is 6.73. The molecule has 0 saturated carbocycles. The molecule has 1 atom stereocenters. The fourth-order valence-electron chi connectivity index (χ4n) is 0.931. The van der Waals surface area contributed by atoms with Crippen molar-refractivity contribution in [1.82, 2.24) is 0 Å². The molecule has 0 aliphatic heterocycles. The summed E-state index contributed by atoms with van der Waals surface area (Å²) in [6.45, 7) is 0. The zero-order chi connectivity index (χ0) is 11.8. The maximum absolute atomic E-state index is 11.0. The van der Waals surface area contributed by atoms with E-state index in [1.165, 1.54) is 0 Å². The van der Waals surface area contributed by atoms with E-state index in [0.29, 0.717) is 12.2 Å². The van der Waals surface area contributed by atoms with Crippen LogP contribution >= 0.6 is 0 Å². The van der Waals surface area contributed by atoms with Gasteiger partial charge in [-0.05, 0) is 0 Å². The monoisotopic (exact) mass is 272 g/mol. The second-order valence-electron chi connectivity index (χ2n) is 2.59. The van der Waals surface area contributed by atoms with Gasteiger partial charge in [0.2, 0.25) is 0 Å². The van der Waals surface area contributed by atoms with Gasteiger partial charge in [0.05, 0.1) is 15.5 Å². The summed E-state index contributed by atoms with van der Waals surface area (Å²) >= 11 is 0. The van der Waals surface area contributed by atoms with Crippen LogP contribution in [-0.4, -0.2) is 28.9 Å². The number of hydrogen-bond donors (Lipinski definition) is 2. The summed E-state index contributed by atoms with van der Waals surface area (Å²) in [6.07, 6.45) is 0.994. The van der Waals surface area contributed by atoms with Crippen LogP contribution in [0.1, 0.15) is 0 Å². The van der Waals surface area contributed by atoms with Crippen molar-refractivity contribution in [2.45, 2.75) is 0 Å². The molecular formula is C6H5KN2O6S. The van der Waals surface area contributed by atoms with Gasteiger partial charge in [0.25, 0.3) is 5.78 Å². The van der Waals surface area contributed by atoms with Crippen LogP contribution in [0.25, 0.3) is 0 Å². The largest absolute Gasteiger partial charge is 1.00 e. The number of hydrogen-bond acceptors (Lipinski definition) is 6. The van der Waals surface area contributed by atoms with E-state index < -0.39 is 37.0 Å². The number of rotatable bonds is 1. The third-order valence-electron chi connectivity index (χ3n) is 1.57. The first-order valence-corrected chi connectivity index (χ1v) is 4.90. The number of allylic oxidation sites excluding steroid dienone is 2. The van der Waals surface area contributed by atoms with Gasteiger partial charge >= 0.3 is 57.1 Å².